The van der Waals surface area contributed by atoms with Crippen molar-refractivity contribution in [1.29, 1.82) is 0 Å². The smallest absolute Gasteiger partial charge is 0.259 e. The molecule has 2 N–H and O–H groups in total. The molecular weight excluding hydrogens is 410 g/mol. The summed E-state index contributed by atoms with van der Waals surface area (Å²) in [5.74, 6) is -0.0835. The quantitative estimate of drug-likeness (QED) is 0.629. The molecule has 160 valence electrons. The van der Waals surface area contributed by atoms with Crippen LogP contribution in [0.15, 0.2) is 42.5 Å². The van der Waals surface area contributed by atoms with Gasteiger partial charge in [-0.15, -0.1) is 0 Å². The number of methoxy groups -OCH3 is 1. The molecule has 0 aliphatic heterocycles. The van der Waals surface area contributed by atoms with E-state index in [0.717, 1.165) is 5.56 Å². The first-order valence-corrected chi connectivity index (χ1v) is 9.49. The number of benzene rings is 2. The molecule has 2 aromatic carbocycles. The molecule has 0 fully saturated rings. The second-order valence-electron chi connectivity index (χ2n) is 6.50. The summed E-state index contributed by atoms with van der Waals surface area (Å²) in [7, 11) is 4.78. The lowest BCUT2D eigenvalue weighted by Crippen LogP contribution is -2.36. The molecular formula is C21H24ClN3O5. The van der Waals surface area contributed by atoms with Gasteiger partial charge in [-0.1, -0.05) is 29.8 Å². The molecule has 0 unspecified atom stereocenters. The van der Waals surface area contributed by atoms with Gasteiger partial charge in [0.2, 0.25) is 5.91 Å². The number of hydrogen-bond donors (Lipinski definition) is 2. The van der Waals surface area contributed by atoms with Gasteiger partial charge in [0.15, 0.2) is 18.1 Å². The van der Waals surface area contributed by atoms with E-state index in [1.54, 1.807) is 56.6 Å². The second kappa shape index (κ2) is 11.1. The van der Waals surface area contributed by atoms with Gasteiger partial charge in [-0.25, -0.2) is 0 Å². The van der Waals surface area contributed by atoms with Crippen molar-refractivity contribution in [2.45, 2.75) is 6.54 Å². The predicted octanol–water partition coefficient (Wildman–Crippen LogP) is 1.86. The number of ether oxygens (including phenoxy) is 2. The Morgan fingerprint density at radius 2 is 1.77 bits per heavy atom. The molecule has 0 spiro atoms. The highest BCUT2D eigenvalue weighted by atomic mass is 35.5. The van der Waals surface area contributed by atoms with Crippen molar-refractivity contribution in [3.8, 4) is 11.5 Å². The van der Waals surface area contributed by atoms with Gasteiger partial charge in [0.05, 0.1) is 24.2 Å². The van der Waals surface area contributed by atoms with Crippen molar-refractivity contribution in [3.05, 3.63) is 58.6 Å². The van der Waals surface area contributed by atoms with Crippen LogP contribution in [0.2, 0.25) is 5.02 Å². The van der Waals surface area contributed by atoms with E-state index in [4.69, 9.17) is 21.1 Å². The molecule has 0 heterocycles. The van der Waals surface area contributed by atoms with Gasteiger partial charge in [-0.2, -0.15) is 0 Å². The fourth-order valence-corrected chi connectivity index (χ4v) is 2.60. The zero-order valence-corrected chi connectivity index (χ0v) is 17.8. The predicted molar refractivity (Wildman–Crippen MR) is 113 cm³/mol. The van der Waals surface area contributed by atoms with Crippen LogP contribution in [-0.4, -0.2) is 57.0 Å². The topological polar surface area (TPSA) is 97.0 Å². The first-order valence-electron chi connectivity index (χ1n) is 9.11. The van der Waals surface area contributed by atoms with Gasteiger partial charge in [-0.3, -0.25) is 14.4 Å². The van der Waals surface area contributed by atoms with Crippen LogP contribution in [0.5, 0.6) is 11.5 Å². The number of halogens is 1. The van der Waals surface area contributed by atoms with E-state index >= 15 is 0 Å². The van der Waals surface area contributed by atoms with Crippen LogP contribution < -0.4 is 20.1 Å². The van der Waals surface area contributed by atoms with Crippen LogP contribution in [0, 0.1) is 0 Å². The molecule has 3 amide bonds. The van der Waals surface area contributed by atoms with Crippen LogP contribution in [0.4, 0.5) is 0 Å². The molecule has 0 atom stereocenters. The highest BCUT2D eigenvalue weighted by Gasteiger charge is 2.12. The number of rotatable bonds is 9. The maximum absolute atomic E-state index is 12.1. The first kappa shape index (κ1) is 23.0. The Bertz CT molecular complexity index is 917. The van der Waals surface area contributed by atoms with Crippen LogP contribution in [0.1, 0.15) is 15.9 Å². The number of hydrogen-bond acceptors (Lipinski definition) is 5. The number of nitrogens with one attached hydrogen (secondary N) is 2. The maximum Gasteiger partial charge on any atom is 0.259 e. The average molecular weight is 434 g/mol. The van der Waals surface area contributed by atoms with Crippen LogP contribution >= 0.6 is 11.6 Å². The normalized spacial score (nSPS) is 10.1. The van der Waals surface area contributed by atoms with Gasteiger partial charge in [0.25, 0.3) is 11.8 Å². The number of carbonyl (C=O) groups excluding carboxylic acids is 3. The summed E-state index contributed by atoms with van der Waals surface area (Å²) in [5.41, 5.74) is 1.07. The summed E-state index contributed by atoms with van der Waals surface area (Å²) in [4.78, 5) is 37.2. The third kappa shape index (κ3) is 6.66. The standard InChI is InChI=1S/C21H24ClN3O5/c1-25(2)20(27)13-30-17-9-8-14(10-18(17)29-3)11-23-19(26)12-24-21(28)15-6-4-5-7-16(15)22/h4-10H,11-13H2,1-3H3,(H,23,26)(H,24,28). The summed E-state index contributed by atoms with van der Waals surface area (Å²) in [6.07, 6.45) is 0. The van der Waals surface area contributed by atoms with Crippen molar-refractivity contribution in [2.24, 2.45) is 0 Å². The zero-order chi connectivity index (χ0) is 22.1. The van der Waals surface area contributed by atoms with Crippen molar-refractivity contribution in [3.63, 3.8) is 0 Å². The molecule has 2 aromatic rings. The zero-order valence-electron chi connectivity index (χ0n) is 17.0. The maximum atomic E-state index is 12.1. The fourth-order valence-electron chi connectivity index (χ4n) is 2.37. The minimum absolute atomic E-state index is 0.107. The fraction of sp³-hybridized carbons (Fsp3) is 0.286. The number of likely N-dealkylation sites (N-methyl/N-ethyl adjacent to an activating group) is 1. The summed E-state index contributed by atoms with van der Waals surface area (Å²) >= 11 is 5.97. The molecule has 2 rings (SSSR count). The van der Waals surface area contributed by atoms with Crippen LogP contribution in [-0.2, 0) is 16.1 Å². The molecule has 0 saturated carbocycles. The van der Waals surface area contributed by atoms with E-state index < -0.39 is 5.91 Å². The molecule has 30 heavy (non-hydrogen) atoms. The van der Waals surface area contributed by atoms with Crippen molar-refractivity contribution >= 4 is 29.3 Å². The summed E-state index contributed by atoms with van der Waals surface area (Å²) < 4.78 is 10.8. The number of nitrogens with zero attached hydrogens (tertiary/aromatic N) is 1. The van der Waals surface area contributed by atoms with Crippen molar-refractivity contribution in [2.75, 3.05) is 34.4 Å². The van der Waals surface area contributed by atoms with Gasteiger partial charge in [0, 0.05) is 20.6 Å². The molecule has 0 aromatic heterocycles. The van der Waals surface area contributed by atoms with Crippen LogP contribution in [0.25, 0.3) is 0 Å². The SMILES string of the molecule is COc1cc(CNC(=O)CNC(=O)c2ccccc2Cl)ccc1OCC(=O)N(C)C. The van der Waals surface area contributed by atoms with Gasteiger partial charge in [-0.05, 0) is 29.8 Å². The number of amides is 3. The lowest BCUT2D eigenvalue weighted by Gasteiger charge is -2.14. The Hall–Kier alpha value is -3.26. The summed E-state index contributed by atoms with van der Waals surface area (Å²) in [5, 5.41) is 5.56. The highest BCUT2D eigenvalue weighted by Crippen LogP contribution is 2.28. The second-order valence-corrected chi connectivity index (χ2v) is 6.91. The Morgan fingerprint density at radius 1 is 1.03 bits per heavy atom. The monoisotopic (exact) mass is 433 g/mol. The van der Waals surface area contributed by atoms with E-state index in [2.05, 4.69) is 10.6 Å². The molecule has 8 nitrogen and oxygen atoms in total. The Kier molecular flexibility index (Phi) is 8.49. The Balaban J connectivity index is 1.86. The average Bonchev–Trinajstić information content (AvgIpc) is 2.74. The Morgan fingerprint density at radius 3 is 2.43 bits per heavy atom. The third-order valence-corrected chi connectivity index (χ3v) is 4.43. The van der Waals surface area contributed by atoms with E-state index in [-0.39, 0.29) is 31.5 Å². The minimum Gasteiger partial charge on any atom is -0.493 e. The molecule has 0 bridgehead atoms. The van der Waals surface area contributed by atoms with Gasteiger partial charge < -0.3 is 25.0 Å². The molecule has 0 saturated heterocycles. The molecule has 0 aliphatic carbocycles. The van der Waals surface area contributed by atoms with Crippen LogP contribution in [0.3, 0.4) is 0 Å². The van der Waals surface area contributed by atoms with Gasteiger partial charge in [0.1, 0.15) is 0 Å². The third-order valence-electron chi connectivity index (χ3n) is 4.10. The summed E-state index contributed by atoms with van der Waals surface area (Å²) in [6, 6.07) is 11.7. The first-order chi connectivity index (χ1) is 14.3. The van der Waals surface area contributed by atoms with E-state index in [1.165, 1.54) is 12.0 Å². The lowest BCUT2D eigenvalue weighted by molar-refractivity contribution is -0.130. The van der Waals surface area contributed by atoms with Crippen molar-refractivity contribution < 1.29 is 23.9 Å². The van der Waals surface area contributed by atoms with E-state index in [1.807, 2.05) is 0 Å². The minimum atomic E-state index is -0.425. The van der Waals surface area contributed by atoms with E-state index in [0.29, 0.717) is 22.1 Å². The Labute approximate surface area is 180 Å². The molecule has 0 radical (unpaired) electrons. The summed E-state index contributed by atoms with van der Waals surface area (Å²) in [6.45, 7) is -0.0618. The van der Waals surface area contributed by atoms with E-state index in [9.17, 15) is 14.4 Å². The molecule has 0 aliphatic rings. The van der Waals surface area contributed by atoms with Gasteiger partial charge >= 0.3 is 0 Å². The highest BCUT2D eigenvalue weighted by molar-refractivity contribution is 6.33. The van der Waals surface area contributed by atoms with Crippen molar-refractivity contribution in [1.82, 2.24) is 15.5 Å². The number of carbonyl (C=O) groups is 3. The largest absolute Gasteiger partial charge is 0.493 e. The molecule has 9 heteroatoms. The lowest BCUT2D eigenvalue weighted by atomic mass is 10.2.